The van der Waals surface area contributed by atoms with Gasteiger partial charge in [0.05, 0.1) is 0 Å². The van der Waals surface area contributed by atoms with Crippen molar-refractivity contribution in [2.24, 2.45) is 0 Å². The number of hydrogen-bond donors (Lipinski definition) is 1. The molecule has 0 unspecified atom stereocenters. The first kappa shape index (κ1) is 15.8. The van der Waals surface area contributed by atoms with Gasteiger partial charge in [0.25, 0.3) is 0 Å². The molecule has 2 heterocycles. The van der Waals surface area contributed by atoms with E-state index >= 15 is 0 Å². The molecule has 0 amide bonds. The molecule has 1 aliphatic heterocycles. The zero-order valence-corrected chi connectivity index (χ0v) is 13.5. The van der Waals surface area contributed by atoms with Crippen LogP contribution in [0.2, 0.25) is 0 Å². The standard InChI is InChI=1S/C14H26N6O/c1-14(2,19(3)4)10-21-13-17-11(15)16-12(18-13)20-8-6-5-7-9-20/h5-10H2,1-4H3,(H2,15,16,17,18). The third-order valence-electron chi connectivity index (χ3n) is 4.02. The van der Waals surface area contributed by atoms with Crippen molar-refractivity contribution >= 4 is 11.9 Å². The molecule has 7 heteroatoms. The first-order chi connectivity index (χ1) is 9.88. The number of aromatic nitrogens is 3. The lowest BCUT2D eigenvalue weighted by molar-refractivity contribution is 0.108. The van der Waals surface area contributed by atoms with Gasteiger partial charge >= 0.3 is 6.01 Å². The Kier molecular flexibility index (Phi) is 4.82. The lowest BCUT2D eigenvalue weighted by atomic mass is 10.1. The summed E-state index contributed by atoms with van der Waals surface area (Å²) < 4.78 is 5.73. The van der Waals surface area contributed by atoms with Crippen molar-refractivity contribution in [3.63, 3.8) is 0 Å². The van der Waals surface area contributed by atoms with Crippen molar-refractivity contribution in [2.75, 3.05) is 44.4 Å². The molecule has 0 saturated carbocycles. The molecular weight excluding hydrogens is 268 g/mol. The molecule has 1 aliphatic rings. The molecule has 1 saturated heterocycles. The predicted molar refractivity (Wildman–Crippen MR) is 83.6 cm³/mol. The van der Waals surface area contributed by atoms with Crippen molar-refractivity contribution in [2.45, 2.75) is 38.6 Å². The van der Waals surface area contributed by atoms with Crippen LogP contribution in [-0.4, -0.2) is 59.2 Å². The molecule has 0 atom stereocenters. The summed E-state index contributed by atoms with van der Waals surface area (Å²) in [5.74, 6) is 0.836. The molecule has 2 rings (SSSR count). The third kappa shape index (κ3) is 4.17. The normalized spacial score (nSPS) is 16.3. The van der Waals surface area contributed by atoms with Gasteiger partial charge in [-0.25, -0.2) is 0 Å². The zero-order chi connectivity index (χ0) is 15.5. The molecule has 0 spiro atoms. The lowest BCUT2D eigenvalue weighted by Crippen LogP contribution is -2.43. The molecule has 0 bridgehead atoms. The smallest absolute Gasteiger partial charge is 0.323 e. The van der Waals surface area contributed by atoms with Crippen LogP contribution in [-0.2, 0) is 0 Å². The van der Waals surface area contributed by atoms with Gasteiger partial charge in [-0.3, -0.25) is 0 Å². The van der Waals surface area contributed by atoms with Crippen LogP contribution in [0.1, 0.15) is 33.1 Å². The average Bonchev–Trinajstić information content (AvgIpc) is 2.45. The summed E-state index contributed by atoms with van der Waals surface area (Å²) >= 11 is 0. The predicted octanol–water partition coefficient (Wildman–Crippen LogP) is 1.16. The summed E-state index contributed by atoms with van der Waals surface area (Å²) in [5.41, 5.74) is 5.68. The fraction of sp³-hybridized carbons (Fsp3) is 0.786. The minimum absolute atomic E-state index is 0.104. The number of anilines is 2. The Hall–Kier alpha value is -1.63. The van der Waals surface area contributed by atoms with Crippen LogP contribution in [0.15, 0.2) is 0 Å². The second-order valence-corrected chi connectivity index (χ2v) is 6.32. The lowest BCUT2D eigenvalue weighted by Gasteiger charge is -2.31. The van der Waals surface area contributed by atoms with Crippen LogP contribution in [0.4, 0.5) is 11.9 Å². The highest BCUT2D eigenvalue weighted by Gasteiger charge is 2.23. The molecule has 0 aromatic carbocycles. The van der Waals surface area contributed by atoms with Gasteiger partial charge in [0, 0.05) is 18.6 Å². The maximum atomic E-state index is 5.79. The summed E-state index contributed by atoms with van der Waals surface area (Å²) in [6.07, 6.45) is 3.59. The minimum atomic E-state index is -0.104. The first-order valence-electron chi connectivity index (χ1n) is 7.45. The fourth-order valence-corrected chi connectivity index (χ4v) is 2.03. The van der Waals surface area contributed by atoms with Gasteiger partial charge in [-0.15, -0.1) is 0 Å². The highest BCUT2D eigenvalue weighted by molar-refractivity contribution is 5.36. The molecule has 0 radical (unpaired) electrons. The van der Waals surface area contributed by atoms with E-state index in [2.05, 4.69) is 38.6 Å². The van der Waals surface area contributed by atoms with Crippen LogP contribution >= 0.6 is 0 Å². The van der Waals surface area contributed by atoms with E-state index in [0.29, 0.717) is 18.6 Å². The molecule has 21 heavy (non-hydrogen) atoms. The van der Waals surface area contributed by atoms with Crippen molar-refractivity contribution in [1.82, 2.24) is 19.9 Å². The van der Waals surface area contributed by atoms with E-state index in [1.165, 1.54) is 6.42 Å². The fourth-order valence-electron chi connectivity index (χ4n) is 2.03. The van der Waals surface area contributed by atoms with E-state index in [1.54, 1.807) is 0 Å². The van der Waals surface area contributed by atoms with E-state index in [-0.39, 0.29) is 11.5 Å². The molecule has 1 fully saturated rings. The molecule has 2 N–H and O–H groups in total. The van der Waals surface area contributed by atoms with Gasteiger partial charge < -0.3 is 20.3 Å². The Balaban J connectivity index is 2.08. The van der Waals surface area contributed by atoms with Gasteiger partial charge in [-0.05, 0) is 47.2 Å². The van der Waals surface area contributed by atoms with E-state index in [1.807, 2.05) is 14.1 Å². The maximum absolute atomic E-state index is 5.79. The first-order valence-corrected chi connectivity index (χ1v) is 7.45. The summed E-state index contributed by atoms with van der Waals surface area (Å²) in [7, 11) is 4.04. The summed E-state index contributed by atoms with van der Waals surface area (Å²) in [6.45, 7) is 6.62. The van der Waals surface area contributed by atoms with Gasteiger partial charge in [-0.1, -0.05) is 0 Å². The van der Waals surface area contributed by atoms with Gasteiger partial charge in [0.2, 0.25) is 11.9 Å². The average molecular weight is 294 g/mol. The van der Waals surface area contributed by atoms with Crippen molar-refractivity contribution < 1.29 is 4.74 Å². The Morgan fingerprint density at radius 3 is 2.43 bits per heavy atom. The second kappa shape index (κ2) is 6.43. The zero-order valence-electron chi connectivity index (χ0n) is 13.5. The third-order valence-corrected chi connectivity index (χ3v) is 4.02. The van der Waals surface area contributed by atoms with Crippen LogP contribution in [0.3, 0.4) is 0 Å². The number of nitrogen functional groups attached to an aromatic ring is 1. The van der Waals surface area contributed by atoms with E-state index in [4.69, 9.17) is 10.5 Å². The number of hydrogen-bond acceptors (Lipinski definition) is 7. The maximum Gasteiger partial charge on any atom is 0.323 e. The second-order valence-electron chi connectivity index (χ2n) is 6.32. The Labute approximate surface area is 126 Å². The molecule has 1 aromatic heterocycles. The number of ether oxygens (including phenoxy) is 1. The van der Waals surface area contributed by atoms with E-state index in [9.17, 15) is 0 Å². The number of likely N-dealkylation sites (N-methyl/N-ethyl adjacent to an activating group) is 1. The summed E-state index contributed by atoms with van der Waals surface area (Å²) in [6, 6.07) is 0.304. The van der Waals surface area contributed by atoms with Crippen LogP contribution < -0.4 is 15.4 Å². The monoisotopic (exact) mass is 294 g/mol. The number of piperidine rings is 1. The van der Waals surface area contributed by atoms with E-state index < -0.39 is 0 Å². The molecule has 0 aliphatic carbocycles. The Bertz CT molecular complexity index is 471. The molecular formula is C14H26N6O. The molecule has 1 aromatic rings. The number of nitrogens with two attached hydrogens (primary N) is 1. The Morgan fingerprint density at radius 1 is 1.14 bits per heavy atom. The van der Waals surface area contributed by atoms with Crippen LogP contribution in [0, 0.1) is 0 Å². The van der Waals surface area contributed by atoms with Gasteiger partial charge in [0.1, 0.15) is 6.61 Å². The van der Waals surface area contributed by atoms with Crippen molar-refractivity contribution in [3.8, 4) is 6.01 Å². The van der Waals surface area contributed by atoms with Crippen molar-refractivity contribution in [1.29, 1.82) is 0 Å². The van der Waals surface area contributed by atoms with E-state index in [0.717, 1.165) is 25.9 Å². The van der Waals surface area contributed by atoms with Gasteiger partial charge in [-0.2, -0.15) is 15.0 Å². The largest absolute Gasteiger partial charge is 0.461 e. The number of nitrogens with zero attached hydrogens (tertiary/aromatic N) is 5. The van der Waals surface area contributed by atoms with Gasteiger partial charge in [0.15, 0.2) is 0 Å². The quantitative estimate of drug-likeness (QED) is 0.872. The SMILES string of the molecule is CN(C)C(C)(C)COc1nc(N)nc(N2CCCCC2)n1. The van der Waals surface area contributed by atoms with Crippen LogP contribution in [0.5, 0.6) is 6.01 Å². The Morgan fingerprint density at radius 2 is 1.81 bits per heavy atom. The summed E-state index contributed by atoms with van der Waals surface area (Å²) in [4.78, 5) is 17.0. The highest BCUT2D eigenvalue weighted by Crippen LogP contribution is 2.19. The topological polar surface area (TPSA) is 80.4 Å². The minimum Gasteiger partial charge on any atom is -0.461 e. The molecule has 7 nitrogen and oxygen atoms in total. The summed E-state index contributed by atoms with van der Waals surface area (Å²) in [5, 5.41) is 0. The number of rotatable bonds is 5. The highest BCUT2D eigenvalue weighted by atomic mass is 16.5. The van der Waals surface area contributed by atoms with Crippen LogP contribution in [0.25, 0.3) is 0 Å². The van der Waals surface area contributed by atoms with Crippen molar-refractivity contribution in [3.05, 3.63) is 0 Å². The molecule has 118 valence electrons.